The second-order valence-corrected chi connectivity index (χ2v) is 18.8. The third kappa shape index (κ3) is 7.98. The number of nitrogens with one attached hydrogen (secondary N) is 1. The molecule has 58 heavy (non-hydrogen) atoms. The third-order valence-corrected chi connectivity index (χ3v) is 12.3. The van der Waals surface area contributed by atoms with Crippen molar-refractivity contribution in [3.05, 3.63) is 59.1 Å². The van der Waals surface area contributed by atoms with Gasteiger partial charge in [0.2, 0.25) is 0 Å². The van der Waals surface area contributed by atoms with Gasteiger partial charge in [0.1, 0.15) is 46.2 Å². The number of nitrogens with zero attached hydrogens (tertiary/aromatic N) is 6. The monoisotopic (exact) mass is 835 g/mol. The van der Waals surface area contributed by atoms with Crippen molar-refractivity contribution in [3.8, 4) is 12.1 Å². The van der Waals surface area contributed by atoms with Crippen LogP contribution in [0.5, 0.6) is 6.01 Å². The van der Waals surface area contributed by atoms with Crippen LogP contribution in [0.2, 0.25) is 0 Å². The molecule has 6 heterocycles. The van der Waals surface area contributed by atoms with E-state index in [1.54, 1.807) is 25.7 Å². The number of nitriles is 1. The van der Waals surface area contributed by atoms with E-state index in [0.29, 0.717) is 18.9 Å². The minimum atomic E-state index is -0.986. The van der Waals surface area contributed by atoms with Crippen LogP contribution in [0.3, 0.4) is 0 Å². The van der Waals surface area contributed by atoms with Gasteiger partial charge in [0.15, 0.2) is 5.83 Å². The van der Waals surface area contributed by atoms with Crippen LogP contribution < -0.4 is 15.0 Å². The van der Waals surface area contributed by atoms with E-state index in [2.05, 4.69) is 28.4 Å². The molecule has 2 amide bonds. The highest BCUT2D eigenvalue weighted by Gasteiger charge is 2.48. The van der Waals surface area contributed by atoms with Crippen LogP contribution in [0, 0.1) is 17.1 Å². The lowest BCUT2D eigenvalue weighted by molar-refractivity contribution is 0.0122. The van der Waals surface area contributed by atoms with Crippen molar-refractivity contribution in [1.29, 1.82) is 5.26 Å². The lowest BCUT2D eigenvalue weighted by Crippen LogP contribution is -2.57. The fraction of sp³-hybridized carbons (Fsp3) is 0.500. The van der Waals surface area contributed by atoms with E-state index in [1.807, 2.05) is 31.7 Å². The number of amides is 2. The quantitative estimate of drug-likeness (QED) is 0.219. The van der Waals surface area contributed by atoms with Gasteiger partial charge in [-0.3, -0.25) is 15.1 Å². The summed E-state index contributed by atoms with van der Waals surface area (Å²) >= 11 is 7.75. The lowest BCUT2D eigenvalue weighted by Gasteiger charge is -2.42. The summed E-state index contributed by atoms with van der Waals surface area (Å²) in [6, 6.07) is 3.99. The molecule has 2 unspecified atom stereocenters. The predicted molar refractivity (Wildman–Crippen MR) is 222 cm³/mol. The summed E-state index contributed by atoms with van der Waals surface area (Å²) < 4.78 is 50.2. The first-order valence-corrected chi connectivity index (χ1v) is 20.6. The molecule has 12 nitrogen and oxygen atoms in total. The standard InChI is InChI=1S/C42H48ClF2N7O5S/c1-9-26-33(32(45)31(43)27-13-14-29(44)34-30(27)28(18-46)36(58-34)49-38(53)56-40(3,4)5)47-37(55-22-42-15-10-16-51(42)19-23(2)17-42)48-35(26)50-20-24-11-12-25(21-50)52(24)39(54)57-41(6,7)8/h9,13-14,24-25H,1-2,10-12,15-17,19-22H2,3-8H3,(H,49,53)/b32-31+/t24?,25?,42-/m0/s1. The second-order valence-electron chi connectivity index (χ2n) is 17.4. The van der Waals surface area contributed by atoms with E-state index in [1.165, 1.54) is 12.1 Å². The van der Waals surface area contributed by atoms with E-state index in [0.717, 1.165) is 68.2 Å². The van der Waals surface area contributed by atoms with Gasteiger partial charge in [0.25, 0.3) is 0 Å². The number of ether oxygens (including phenoxy) is 3. The summed E-state index contributed by atoms with van der Waals surface area (Å²) in [4.78, 5) is 41.7. The maximum absolute atomic E-state index is 17.3. The van der Waals surface area contributed by atoms with E-state index in [-0.39, 0.29) is 73.8 Å². The third-order valence-electron chi connectivity index (χ3n) is 10.9. The number of benzene rings is 1. The second kappa shape index (κ2) is 15.4. The summed E-state index contributed by atoms with van der Waals surface area (Å²) in [5, 5.41) is 12.4. The molecule has 0 spiro atoms. The van der Waals surface area contributed by atoms with Gasteiger partial charge < -0.3 is 19.1 Å². The molecule has 1 N–H and O–H groups in total. The van der Waals surface area contributed by atoms with Crippen molar-refractivity contribution >= 4 is 73.0 Å². The molecule has 16 heteroatoms. The van der Waals surface area contributed by atoms with E-state index >= 15 is 8.78 Å². The van der Waals surface area contributed by atoms with Gasteiger partial charge in [-0.2, -0.15) is 15.2 Å². The first-order chi connectivity index (χ1) is 27.3. The maximum Gasteiger partial charge on any atom is 0.412 e. The zero-order valence-electron chi connectivity index (χ0n) is 33.6. The van der Waals surface area contributed by atoms with Crippen molar-refractivity contribution in [2.45, 2.75) is 102 Å². The number of halogens is 3. The fourth-order valence-electron chi connectivity index (χ4n) is 8.60. The topological polar surface area (TPSA) is 133 Å². The minimum Gasteiger partial charge on any atom is -0.461 e. The summed E-state index contributed by atoms with van der Waals surface area (Å²) in [7, 11) is 0. The van der Waals surface area contributed by atoms with Gasteiger partial charge in [-0.15, -0.1) is 11.3 Å². The Bertz CT molecular complexity index is 2260. The number of hydrogen-bond donors (Lipinski definition) is 1. The van der Waals surface area contributed by atoms with Crippen molar-refractivity contribution < 1.29 is 32.6 Å². The smallest absolute Gasteiger partial charge is 0.412 e. The van der Waals surface area contributed by atoms with Crippen LogP contribution in [0.25, 0.3) is 27.0 Å². The highest BCUT2D eigenvalue weighted by Crippen LogP contribution is 2.46. The number of rotatable bonds is 8. The van der Waals surface area contributed by atoms with Crippen LogP contribution in [-0.2, 0) is 9.47 Å². The number of carbonyl (C=O) groups is 2. The number of aromatic nitrogens is 2. The Hall–Kier alpha value is -4.78. The van der Waals surface area contributed by atoms with Gasteiger partial charge in [-0.25, -0.2) is 18.4 Å². The highest BCUT2D eigenvalue weighted by molar-refractivity contribution is 7.23. The normalized spacial score (nSPS) is 22.4. The number of piperazine rings is 1. The molecule has 4 aliphatic heterocycles. The summed E-state index contributed by atoms with van der Waals surface area (Å²) in [5.74, 6) is -1.32. The van der Waals surface area contributed by atoms with Crippen LogP contribution in [0.1, 0.15) is 96.0 Å². The summed E-state index contributed by atoms with van der Waals surface area (Å²) in [6.07, 6.45) is 4.41. The predicted octanol–water partition coefficient (Wildman–Crippen LogP) is 9.49. The van der Waals surface area contributed by atoms with Crippen LogP contribution in [-0.4, -0.2) is 93.6 Å². The molecule has 7 rings (SSSR count). The molecule has 2 aromatic heterocycles. The Morgan fingerprint density at radius 1 is 1.14 bits per heavy atom. The van der Waals surface area contributed by atoms with Crippen LogP contribution >= 0.6 is 22.9 Å². The van der Waals surface area contributed by atoms with E-state index < -0.39 is 34.0 Å². The average Bonchev–Trinajstić information content (AvgIpc) is 3.86. The van der Waals surface area contributed by atoms with Gasteiger partial charge in [0, 0.05) is 36.1 Å². The van der Waals surface area contributed by atoms with Crippen LogP contribution in [0.4, 0.5) is 29.2 Å². The Balaban J connectivity index is 1.31. The number of anilines is 2. The largest absolute Gasteiger partial charge is 0.461 e. The molecule has 4 aliphatic rings. The molecule has 0 radical (unpaired) electrons. The first kappa shape index (κ1) is 41.4. The molecule has 308 valence electrons. The Morgan fingerprint density at radius 3 is 2.47 bits per heavy atom. The first-order valence-electron chi connectivity index (χ1n) is 19.4. The van der Waals surface area contributed by atoms with E-state index in [9.17, 15) is 14.9 Å². The van der Waals surface area contributed by atoms with Gasteiger partial charge >= 0.3 is 18.2 Å². The molecule has 4 saturated heterocycles. The number of hydrogen-bond acceptors (Lipinski definition) is 11. The van der Waals surface area contributed by atoms with Gasteiger partial charge in [0.05, 0.1) is 32.9 Å². The molecule has 3 atom stereocenters. The molecule has 0 saturated carbocycles. The minimum absolute atomic E-state index is 0.00669. The lowest BCUT2D eigenvalue weighted by atomic mass is 9.94. The van der Waals surface area contributed by atoms with Crippen molar-refractivity contribution in [3.63, 3.8) is 0 Å². The zero-order valence-corrected chi connectivity index (χ0v) is 35.2. The summed E-state index contributed by atoms with van der Waals surface area (Å²) in [6.45, 7) is 21.5. The Kier molecular flexibility index (Phi) is 11.0. The molecule has 1 aromatic carbocycles. The van der Waals surface area contributed by atoms with Gasteiger partial charge in [-0.05, 0) is 92.3 Å². The summed E-state index contributed by atoms with van der Waals surface area (Å²) in [5.41, 5.74) is -0.743. The Morgan fingerprint density at radius 2 is 1.83 bits per heavy atom. The molecular weight excluding hydrogens is 788 g/mol. The molecule has 4 fully saturated rings. The molecule has 3 aromatic rings. The zero-order chi connectivity index (χ0) is 41.9. The molecule has 2 bridgehead atoms. The van der Waals surface area contributed by atoms with E-state index in [4.69, 9.17) is 30.8 Å². The number of thiophene rings is 1. The SMILES string of the molecule is C=Cc1c(/C(F)=C(\Cl)c2ccc(F)c3sc(NC(=O)OC(C)(C)C)c(C#N)c23)nc(OC[C@@]23CCCN2CC(=C)C3)nc1N1CC2CCC(C1)N2C(=O)OC(C)(C)C. The Labute approximate surface area is 346 Å². The van der Waals surface area contributed by atoms with Crippen LogP contribution in [0.15, 0.2) is 30.9 Å². The van der Waals surface area contributed by atoms with Gasteiger partial charge in [-0.1, -0.05) is 36.4 Å². The average molecular weight is 836 g/mol. The van der Waals surface area contributed by atoms with Crippen molar-refractivity contribution in [2.24, 2.45) is 0 Å². The van der Waals surface area contributed by atoms with Crippen molar-refractivity contribution in [2.75, 3.05) is 43.0 Å². The van der Waals surface area contributed by atoms with Crippen molar-refractivity contribution in [1.82, 2.24) is 19.8 Å². The number of carbonyl (C=O) groups excluding carboxylic acids is 2. The fourth-order valence-corrected chi connectivity index (χ4v) is 9.92. The maximum atomic E-state index is 17.3. The highest BCUT2D eigenvalue weighted by atomic mass is 35.5. The number of fused-ring (bicyclic) bond motifs is 4. The molecule has 0 aliphatic carbocycles. The molecular formula is C42H48ClF2N7O5S.